The van der Waals surface area contributed by atoms with E-state index in [0.717, 1.165) is 42.4 Å². The quantitative estimate of drug-likeness (QED) is 0.915. The van der Waals surface area contributed by atoms with Gasteiger partial charge in [0.25, 0.3) is 5.91 Å². The van der Waals surface area contributed by atoms with Gasteiger partial charge in [0.05, 0.1) is 25.5 Å². The van der Waals surface area contributed by atoms with E-state index in [2.05, 4.69) is 4.98 Å². The van der Waals surface area contributed by atoms with E-state index in [-0.39, 0.29) is 18.3 Å². The molecular weight excluding hydrogens is 330 g/mol. The van der Waals surface area contributed by atoms with Crippen molar-refractivity contribution >= 4 is 29.1 Å². The number of benzene rings is 1. The van der Waals surface area contributed by atoms with Gasteiger partial charge in [-0.15, -0.1) is 12.4 Å². The van der Waals surface area contributed by atoms with Crippen molar-refractivity contribution in [3.05, 3.63) is 29.6 Å². The van der Waals surface area contributed by atoms with Crippen LogP contribution in [0.25, 0.3) is 10.8 Å². The van der Waals surface area contributed by atoms with Gasteiger partial charge < -0.3 is 20.1 Å². The number of pyridine rings is 1. The maximum Gasteiger partial charge on any atom is 0.256 e. The number of aromatic nitrogens is 1. The monoisotopic (exact) mass is 351 g/mol. The highest BCUT2D eigenvalue weighted by Crippen LogP contribution is 2.35. The fraction of sp³-hybridized carbons (Fsp3) is 0.412. The Morgan fingerprint density at radius 3 is 2.29 bits per heavy atom. The van der Waals surface area contributed by atoms with Crippen molar-refractivity contribution in [1.82, 2.24) is 9.88 Å². The van der Waals surface area contributed by atoms with Gasteiger partial charge in [0.1, 0.15) is 0 Å². The number of halogens is 1. The first kappa shape index (κ1) is 18.3. The first-order valence-electron chi connectivity index (χ1n) is 7.72. The van der Waals surface area contributed by atoms with Gasteiger partial charge in [-0.1, -0.05) is 0 Å². The summed E-state index contributed by atoms with van der Waals surface area (Å²) in [7, 11) is 3.16. The number of carbonyl (C=O) groups excluding carboxylic acids is 1. The molecule has 0 atom stereocenters. The Labute approximate surface area is 147 Å². The van der Waals surface area contributed by atoms with Crippen LogP contribution in [0.1, 0.15) is 28.9 Å². The molecule has 0 spiro atoms. The third kappa shape index (κ3) is 3.12. The summed E-state index contributed by atoms with van der Waals surface area (Å²) in [4.78, 5) is 19.0. The Bertz CT molecular complexity index is 745. The highest BCUT2D eigenvalue weighted by molar-refractivity contribution is 6.08. The van der Waals surface area contributed by atoms with Crippen molar-refractivity contribution in [1.29, 1.82) is 0 Å². The zero-order chi connectivity index (χ0) is 16.4. The summed E-state index contributed by atoms with van der Waals surface area (Å²) >= 11 is 0. The molecular formula is C17H22ClN3O3. The van der Waals surface area contributed by atoms with Gasteiger partial charge in [-0.3, -0.25) is 9.78 Å². The molecule has 1 aromatic carbocycles. The maximum atomic E-state index is 12.8. The topological polar surface area (TPSA) is 77.7 Å². The highest BCUT2D eigenvalue weighted by Gasteiger charge is 2.23. The first-order chi connectivity index (χ1) is 11.2. The van der Waals surface area contributed by atoms with E-state index in [1.165, 1.54) is 0 Å². The molecule has 1 aromatic heterocycles. The summed E-state index contributed by atoms with van der Waals surface area (Å²) in [6.07, 6.45) is 3.72. The number of ether oxygens (including phenoxy) is 2. The molecule has 1 aliphatic rings. The predicted octanol–water partition coefficient (Wildman–Crippen LogP) is 2.37. The van der Waals surface area contributed by atoms with E-state index in [0.29, 0.717) is 23.6 Å². The molecule has 1 aliphatic heterocycles. The van der Waals surface area contributed by atoms with Gasteiger partial charge in [-0.05, 0) is 25.0 Å². The summed E-state index contributed by atoms with van der Waals surface area (Å²) < 4.78 is 10.7. The summed E-state index contributed by atoms with van der Waals surface area (Å²) in [5.74, 6) is 1.20. The van der Waals surface area contributed by atoms with Crippen molar-refractivity contribution < 1.29 is 14.3 Å². The van der Waals surface area contributed by atoms with E-state index in [1.54, 1.807) is 20.4 Å². The fourth-order valence-electron chi connectivity index (χ4n) is 3.05. The molecule has 24 heavy (non-hydrogen) atoms. The molecule has 1 saturated heterocycles. The summed E-state index contributed by atoms with van der Waals surface area (Å²) in [5.41, 5.74) is 7.11. The molecule has 1 fully saturated rings. The van der Waals surface area contributed by atoms with E-state index in [1.807, 2.05) is 17.0 Å². The van der Waals surface area contributed by atoms with Gasteiger partial charge in [0, 0.05) is 36.6 Å². The molecule has 0 bridgehead atoms. The Morgan fingerprint density at radius 2 is 1.75 bits per heavy atom. The van der Waals surface area contributed by atoms with Crippen LogP contribution in [0.4, 0.5) is 0 Å². The Morgan fingerprint density at radius 1 is 1.17 bits per heavy atom. The lowest BCUT2D eigenvalue weighted by molar-refractivity contribution is 0.0794. The second kappa shape index (κ2) is 7.68. The molecule has 1 amide bonds. The predicted molar refractivity (Wildman–Crippen MR) is 95.1 cm³/mol. The minimum Gasteiger partial charge on any atom is -0.493 e. The number of hydrogen-bond donors (Lipinski definition) is 1. The molecule has 2 heterocycles. The third-order valence-electron chi connectivity index (χ3n) is 4.29. The zero-order valence-corrected chi connectivity index (χ0v) is 14.7. The highest BCUT2D eigenvalue weighted by atomic mass is 35.5. The molecule has 2 aromatic rings. The molecule has 6 nitrogen and oxygen atoms in total. The van der Waals surface area contributed by atoms with Gasteiger partial charge in [-0.2, -0.15) is 0 Å². The second-order valence-corrected chi connectivity index (χ2v) is 5.57. The summed E-state index contributed by atoms with van der Waals surface area (Å²) in [5, 5.41) is 1.63. The smallest absolute Gasteiger partial charge is 0.256 e. The van der Waals surface area contributed by atoms with Crippen LogP contribution >= 0.6 is 12.4 Å². The van der Waals surface area contributed by atoms with Crippen molar-refractivity contribution in [3.8, 4) is 11.5 Å². The Hall–Kier alpha value is -2.05. The second-order valence-electron chi connectivity index (χ2n) is 5.57. The van der Waals surface area contributed by atoms with Crippen LogP contribution in [0.2, 0.25) is 0 Å². The summed E-state index contributed by atoms with van der Waals surface area (Å²) in [6.45, 7) is 1.89. The standard InChI is InChI=1S/C17H21N3O3.ClH/c1-22-15-7-11-12(8-16(15)23-2)14(9-18)19-10-13(11)17(21)20-5-3-4-6-20;/h7-8,10H,3-6,9,18H2,1-2H3;1H. The van der Waals surface area contributed by atoms with Crippen LogP contribution in [-0.2, 0) is 6.54 Å². The normalized spacial score (nSPS) is 13.7. The molecule has 2 N–H and O–H groups in total. The van der Waals surface area contributed by atoms with E-state index >= 15 is 0 Å². The number of fused-ring (bicyclic) bond motifs is 1. The Kier molecular flexibility index (Phi) is 5.85. The number of nitrogens with zero attached hydrogens (tertiary/aromatic N) is 2. The largest absolute Gasteiger partial charge is 0.493 e. The van der Waals surface area contributed by atoms with Gasteiger partial charge >= 0.3 is 0 Å². The molecule has 0 radical (unpaired) electrons. The Balaban J connectivity index is 0.00000208. The number of rotatable bonds is 4. The number of nitrogens with two attached hydrogens (primary N) is 1. The number of hydrogen-bond acceptors (Lipinski definition) is 5. The van der Waals surface area contributed by atoms with Crippen LogP contribution in [0, 0.1) is 0 Å². The van der Waals surface area contributed by atoms with Gasteiger partial charge in [0.2, 0.25) is 0 Å². The maximum absolute atomic E-state index is 12.8. The lowest BCUT2D eigenvalue weighted by Crippen LogP contribution is -2.28. The van der Waals surface area contributed by atoms with Crippen molar-refractivity contribution in [2.75, 3.05) is 27.3 Å². The number of methoxy groups -OCH3 is 2. The SMILES string of the molecule is COc1cc2c(C(=O)N3CCCC3)cnc(CN)c2cc1OC.Cl. The van der Waals surface area contributed by atoms with Crippen molar-refractivity contribution in [2.45, 2.75) is 19.4 Å². The van der Waals surface area contributed by atoms with E-state index < -0.39 is 0 Å². The number of amides is 1. The van der Waals surface area contributed by atoms with Crippen molar-refractivity contribution in [3.63, 3.8) is 0 Å². The average molecular weight is 352 g/mol. The van der Waals surface area contributed by atoms with Crippen LogP contribution in [-0.4, -0.2) is 43.1 Å². The van der Waals surface area contributed by atoms with Crippen LogP contribution in [0.3, 0.4) is 0 Å². The van der Waals surface area contributed by atoms with Crippen LogP contribution < -0.4 is 15.2 Å². The first-order valence-corrected chi connectivity index (χ1v) is 7.72. The van der Waals surface area contributed by atoms with Crippen LogP contribution in [0.5, 0.6) is 11.5 Å². The zero-order valence-electron chi connectivity index (χ0n) is 13.9. The third-order valence-corrected chi connectivity index (χ3v) is 4.29. The minimum atomic E-state index is 0. The van der Waals surface area contributed by atoms with Gasteiger partial charge in [0.15, 0.2) is 11.5 Å². The molecule has 3 rings (SSSR count). The molecule has 0 aliphatic carbocycles. The molecule has 130 valence electrons. The van der Waals surface area contributed by atoms with Crippen molar-refractivity contribution in [2.24, 2.45) is 5.73 Å². The molecule has 7 heteroatoms. The minimum absolute atomic E-state index is 0. The van der Waals surface area contributed by atoms with E-state index in [9.17, 15) is 4.79 Å². The number of likely N-dealkylation sites (tertiary alicyclic amines) is 1. The summed E-state index contributed by atoms with van der Waals surface area (Å²) in [6, 6.07) is 3.67. The van der Waals surface area contributed by atoms with Gasteiger partial charge in [-0.25, -0.2) is 0 Å². The lowest BCUT2D eigenvalue weighted by atomic mass is 10.0. The lowest BCUT2D eigenvalue weighted by Gasteiger charge is -2.18. The average Bonchev–Trinajstić information content (AvgIpc) is 3.13. The van der Waals surface area contributed by atoms with E-state index in [4.69, 9.17) is 15.2 Å². The molecule has 0 saturated carbocycles. The van der Waals surface area contributed by atoms with Crippen LogP contribution in [0.15, 0.2) is 18.3 Å². The number of carbonyl (C=O) groups is 1. The fourth-order valence-corrected chi connectivity index (χ4v) is 3.05. The molecule has 0 unspecified atom stereocenters.